The molecule has 0 aliphatic carbocycles. The first kappa shape index (κ1) is 14.1. The van der Waals surface area contributed by atoms with E-state index in [-0.39, 0.29) is 11.8 Å². The highest BCUT2D eigenvalue weighted by Gasteiger charge is 2.18. The minimum Gasteiger partial charge on any atom is -0.320 e. The molecule has 1 rings (SSSR count). The van der Waals surface area contributed by atoms with Crippen LogP contribution in [0.15, 0.2) is 0 Å². The second kappa shape index (κ2) is 6.07. The molecule has 0 bridgehead atoms. The lowest BCUT2D eigenvalue weighted by molar-refractivity contribution is -0.118. The Kier molecular flexibility index (Phi) is 5.02. The Labute approximate surface area is 106 Å². The first-order valence-electron chi connectivity index (χ1n) is 5.79. The van der Waals surface area contributed by atoms with Crippen LogP contribution in [0.1, 0.15) is 32.7 Å². The molecule has 1 aromatic heterocycles. The predicted octanol–water partition coefficient (Wildman–Crippen LogP) is 1.66. The first-order chi connectivity index (χ1) is 7.90. The average molecular weight is 256 g/mol. The van der Waals surface area contributed by atoms with Gasteiger partial charge in [0.05, 0.1) is 6.04 Å². The Morgan fingerprint density at radius 1 is 1.35 bits per heavy atom. The number of aromatic nitrogens is 2. The van der Waals surface area contributed by atoms with Gasteiger partial charge in [-0.2, -0.15) is 0 Å². The van der Waals surface area contributed by atoms with E-state index in [1.807, 2.05) is 13.8 Å². The maximum absolute atomic E-state index is 11.7. The van der Waals surface area contributed by atoms with E-state index >= 15 is 0 Å². The highest BCUT2D eigenvalue weighted by molar-refractivity contribution is 7.15. The van der Waals surface area contributed by atoms with Gasteiger partial charge in [-0.1, -0.05) is 39.0 Å². The third-order valence-corrected chi connectivity index (χ3v) is 3.16. The minimum absolute atomic E-state index is 0.109. The van der Waals surface area contributed by atoms with Crippen LogP contribution in [-0.2, 0) is 11.2 Å². The number of amides is 1. The summed E-state index contributed by atoms with van der Waals surface area (Å²) in [5.74, 6) is 0.440. The lowest BCUT2D eigenvalue weighted by Crippen LogP contribution is -2.39. The summed E-state index contributed by atoms with van der Waals surface area (Å²) in [6, 6.07) is -0.507. The summed E-state index contributed by atoms with van der Waals surface area (Å²) < 4.78 is 0. The minimum atomic E-state index is -0.507. The predicted molar refractivity (Wildman–Crippen MR) is 69.9 cm³/mol. The Morgan fingerprint density at radius 3 is 2.53 bits per heavy atom. The van der Waals surface area contributed by atoms with Crippen LogP contribution < -0.4 is 11.1 Å². The average Bonchev–Trinajstić information content (AvgIpc) is 2.63. The van der Waals surface area contributed by atoms with Crippen LogP contribution in [0.25, 0.3) is 0 Å². The molecule has 17 heavy (non-hydrogen) atoms. The second-order valence-electron chi connectivity index (χ2n) is 4.86. The fourth-order valence-electron chi connectivity index (χ4n) is 1.23. The Balaban J connectivity index is 2.57. The first-order valence-corrected chi connectivity index (χ1v) is 6.60. The molecule has 3 N–H and O–H groups in total. The van der Waals surface area contributed by atoms with Crippen molar-refractivity contribution in [2.24, 2.45) is 17.6 Å². The van der Waals surface area contributed by atoms with E-state index in [4.69, 9.17) is 5.73 Å². The van der Waals surface area contributed by atoms with Crippen LogP contribution in [0, 0.1) is 11.8 Å². The number of hydrogen-bond donors (Lipinski definition) is 2. The second-order valence-corrected chi connectivity index (χ2v) is 5.92. The van der Waals surface area contributed by atoms with Gasteiger partial charge in [-0.15, -0.1) is 10.2 Å². The molecule has 0 spiro atoms. The van der Waals surface area contributed by atoms with E-state index < -0.39 is 6.04 Å². The summed E-state index contributed by atoms with van der Waals surface area (Å²) >= 11 is 1.41. The normalized spacial score (nSPS) is 13.1. The summed E-state index contributed by atoms with van der Waals surface area (Å²) in [6.45, 7) is 8.06. The lowest BCUT2D eigenvalue weighted by Gasteiger charge is -2.13. The largest absolute Gasteiger partial charge is 0.320 e. The van der Waals surface area contributed by atoms with Gasteiger partial charge < -0.3 is 5.73 Å². The number of carbonyl (C=O) groups excluding carboxylic acids is 1. The van der Waals surface area contributed by atoms with E-state index in [1.165, 1.54) is 11.3 Å². The number of nitrogens with one attached hydrogen (secondary N) is 1. The fourth-order valence-corrected chi connectivity index (χ4v) is 2.18. The van der Waals surface area contributed by atoms with Crippen molar-refractivity contribution < 1.29 is 4.79 Å². The van der Waals surface area contributed by atoms with E-state index in [2.05, 4.69) is 29.4 Å². The van der Waals surface area contributed by atoms with Crippen molar-refractivity contribution in [3.05, 3.63) is 5.01 Å². The zero-order valence-corrected chi connectivity index (χ0v) is 11.5. The molecule has 5 nitrogen and oxygen atoms in total. The molecule has 0 fully saturated rings. The van der Waals surface area contributed by atoms with Crippen LogP contribution in [0.2, 0.25) is 0 Å². The highest BCUT2D eigenvalue weighted by atomic mass is 32.1. The van der Waals surface area contributed by atoms with Gasteiger partial charge in [-0.25, -0.2) is 0 Å². The van der Waals surface area contributed by atoms with Crippen molar-refractivity contribution in [2.45, 2.75) is 40.2 Å². The molecule has 0 radical (unpaired) electrons. The molecule has 0 unspecified atom stereocenters. The van der Waals surface area contributed by atoms with E-state index in [9.17, 15) is 4.79 Å². The standard InChI is InChI=1S/C11H20N4OS/c1-6(2)5-8-14-15-11(17-8)13-10(16)9(12)7(3)4/h6-7,9H,5,12H2,1-4H3,(H,13,15,16)/t9-/m1/s1. The van der Waals surface area contributed by atoms with Crippen molar-refractivity contribution >= 4 is 22.4 Å². The van der Waals surface area contributed by atoms with Gasteiger partial charge in [0.1, 0.15) is 5.01 Å². The van der Waals surface area contributed by atoms with Gasteiger partial charge in [-0.05, 0) is 11.8 Å². The van der Waals surface area contributed by atoms with Crippen molar-refractivity contribution in [2.75, 3.05) is 5.32 Å². The smallest absolute Gasteiger partial charge is 0.243 e. The van der Waals surface area contributed by atoms with Gasteiger partial charge in [0.25, 0.3) is 0 Å². The van der Waals surface area contributed by atoms with E-state index in [1.54, 1.807) is 0 Å². The maximum Gasteiger partial charge on any atom is 0.243 e. The quantitative estimate of drug-likeness (QED) is 0.839. The van der Waals surface area contributed by atoms with Gasteiger partial charge >= 0.3 is 0 Å². The highest BCUT2D eigenvalue weighted by Crippen LogP contribution is 2.18. The Bertz CT molecular complexity index is 375. The van der Waals surface area contributed by atoms with Gasteiger partial charge in [-0.3, -0.25) is 10.1 Å². The number of nitrogens with two attached hydrogens (primary N) is 1. The van der Waals surface area contributed by atoms with E-state index in [0.29, 0.717) is 11.0 Å². The zero-order valence-electron chi connectivity index (χ0n) is 10.7. The molecule has 0 aliphatic heterocycles. The van der Waals surface area contributed by atoms with Crippen LogP contribution in [-0.4, -0.2) is 22.1 Å². The molecular formula is C11H20N4OS. The van der Waals surface area contributed by atoms with Crippen molar-refractivity contribution in [1.29, 1.82) is 0 Å². The Morgan fingerprint density at radius 2 is 2.00 bits per heavy atom. The topological polar surface area (TPSA) is 80.9 Å². The molecule has 1 atom stereocenters. The lowest BCUT2D eigenvalue weighted by atomic mass is 10.1. The molecule has 1 heterocycles. The third kappa shape index (κ3) is 4.40. The van der Waals surface area contributed by atoms with Gasteiger partial charge in [0.2, 0.25) is 11.0 Å². The summed E-state index contributed by atoms with van der Waals surface area (Å²) in [5, 5.41) is 12.1. The SMILES string of the molecule is CC(C)Cc1nnc(NC(=O)[C@H](N)C(C)C)s1. The summed E-state index contributed by atoms with van der Waals surface area (Å²) in [6.07, 6.45) is 0.879. The van der Waals surface area contributed by atoms with E-state index in [0.717, 1.165) is 11.4 Å². The third-order valence-electron chi connectivity index (χ3n) is 2.30. The van der Waals surface area contributed by atoms with Crippen LogP contribution >= 0.6 is 11.3 Å². The molecule has 96 valence electrons. The molecule has 6 heteroatoms. The van der Waals surface area contributed by atoms with Crippen LogP contribution in [0.5, 0.6) is 0 Å². The van der Waals surface area contributed by atoms with Crippen molar-refractivity contribution in [3.8, 4) is 0 Å². The summed E-state index contributed by atoms with van der Waals surface area (Å²) in [7, 11) is 0. The monoisotopic (exact) mass is 256 g/mol. The number of nitrogens with zero attached hydrogens (tertiary/aromatic N) is 2. The molecule has 0 saturated carbocycles. The molecule has 0 saturated heterocycles. The van der Waals surface area contributed by atoms with Gasteiger partial charge in [0.15, 0.2) is 0 Å². The van der Waals surface area contributed by atoms with Crippen LogP contribution in [0.4, 0.5) is 5.13 Å². The van der Waals surface area contributed by atoms with Gasteiger partial charge in [0, 0.05) is 6.42 Å². The number of hydrogen-bond acceptors (Lipinski definition) is 5. The number of rotatable bonds is 5. The summed E-state index contributed by atoms with van der Waals surface area (Å²) in [5.41, 5.74) is 5.74. The molecule has 1 amide bonds. The number of anilines is 1. The zero-order chi connectivity index (χ0) is 13.0. The molecule has 1 aromatic rings. The molecular weight excluding hydrogens is 236 g/mol. The van der Waals surface area contributed by atoms with Crippen LogP contribution in [0.3, 0.4) is 0 Å². The Hall–Kier alpha value is -1.01. The molecule has 0 aliphatic rings. The summed E-state index contributed by atoms with van der Waals surface area (Å²) in [4.78, 5) is 11.7. The molecule has 0 aromatic carbocycles. The maximum atomic E-state index is 11.7. The van der Waals surface area contributed by atoms with Crippen molar-refractivity contribution in [3.63, 3.8) is 0 Å². The van der Waals surface area contributed by atoms with Crippen molar-refractivity contribution in [1.82, 2.24) is 10.2 Å². The fraction of sp³-hybridized carbons (Fsp3) is 0.727. The number of carbonyl (C=O) groups is 1.